The first kappa shape index (κ1) is 14.0. The molecule has 0 radical (unpaired) electrons. The van der Waals surface area contributed by atoms with Gasteiger partial charge in [-0.15, -0.1) is 0 Å². The average Bonchev–Trinajstić information content (AvgIpc) is 2.98. The van der Waals surface area contributed by atoms with Crippen molar-refractivity contribution in [2.24, 2.45) is 0 Å². The lowest BCUT2D eigenvalue weighted by atomic mass is 9.99. The van der Waals surface area contributed by atoms with Gasteiger partial charge in [0.15, 0.2) is 0 Å². The number of para-hydroxylation sites is 1. The maximum Gasteiger partial charge on any atom is 0.141 e. The summed E-state index contributed by atoms with van der Waals surface area (Å²) in [6.45, 7) is 3.71. The molecule has 1 aromatic carbocycles. The van der Waals surface area contributed by atoms with Crippen LogP contribution in [0.5, 0.6) is 5.75 Å². The molecule has 0 bridgehead atoms. The summed E-state index contributed by atoms with van der Waals surface area (Å²) in [5.74, 6) is 0.639. The lowest BCUT2D eigenvalue weighted by Gasteiger charge is -2.20. The molecule has 1 aliphatic rings. The van der Waals surface area contributed by atoms with Gasteiger partial charge < -0.3 is 10.1 Å². The first-order valence-corrected chi connectivity index (χ1v) is 7.39. The Morgan fingerprint density at radius 1 is 1.33 bits per heavy atom. The lowest BCUT2D eigenvalue weighted by molar-refractivity contribution is 0.350. The van der Waals surface area contributed by atoms with E-state index in [-0.39, 0.29) is 11.9 Å². The molecule has 0 saturated carbocycles. The van der Waals surface area contributed by atoms with Gasteiger partial charge in [0.2, 0.25) is 0 Å². The van der Waals surface area contributed by atoms with Crippen molar-refractivity contribution in [1.82, 2.24) is 10.3 Å². The van der Waals surface area contributed by atoms with E-state index in [1.807, 2.05) is 6.07 Å². The van der Waals surface area contributed by atoms with Gasteiger partial charge in [0.1, 0.15) is 11.6 Å². The summed E-state index contributed by atoms with van der Waals surface area (Å²) in [5, 5.41) is 3.49. The molecule has 0 fully saturated rings. The standard InChI is InChI=1S/C17H19FN2O/c1-2-9-19-16(15-7-6-13(18)11-20-15)14-5-3-4-12-8-10-21-17(12)14/h3-7,11,16,19H,2,8-10H2,1H3. The molecule has 21 heavy (non-hydrogen) atoms. The molecule has 0 amide bonds. The number of hydrogen-bond acceptors (Lipinski definition) is 3. The molecule has 4 heteroatoms. The Balaban J connectivity index is 1.99. The van der Waals surface area contributed by atoms with Crippen molar-refractivity contribution in [2.45, 2.75) is 25.8 Å². The Labute approximate surface area is 124 Å². The fourth-order valence-corrected chi connectivity index (χ4v) is 2.69. The quantitative estimate of drug-likeness (QED) is 0.916. The molecule has 2 heterocycles. The number of nitrogens with zero attached hydrogens (tertiary/aromatic N) is 1. The number of hydrogen-bond donors (Lipinski definition) is 1. The first-order valence-electron chi connectivity index (χ1n) is 7.39. The van der Waals surface area contributed by atoms with Crippen LogP contribution < -0.4 is 10.1 Å². The Kier molecular flexibility index (Phi) is 4.15. The molecule has 0 aliphatic carbocycles. The van der Waals surface area contributed by atoms with Gasteiger partial charge in [0, 0.05) is 12.0 Å². The minimum Gasteiger partial charge on any atom is -0.493 e. The topological polar surface area (TPSA) is 34.2 Å². The molecule has 2 aromatic rings. The maximum atomic E-state index is 13.1. The number of rotatable bonds is 5. The van der Waals surface area contributed by atoms with Gasteiger partial charge in [-0.3, -0.25) is 4.98 Å². The fourth-order valence-electron chi connectivity index (χ4n) is 2.69. The zero-order valence-electron chi connectivity index (χ0n) is 12.1. The highest BCUT2D eigenvalue weighted by Crippen LogP contribution is 2.35. The third-order valence-corrected chi connectivity index (χ3v) is 3.70. The largest absolute Gasteiger partial charge is 0.493 e. The van der Waals surface area contributed by atoms with E-state index in [0.717, 1.165) is 43.0 Å². The summed E-state index contributed by atoms with van der Waals surface area (Å²) in [4.78, 5) is 4.24. The number of nitrogens with one attached hydrogen (secondary N) is 1. The van der Waals surface area contributed by atoms with Gasteiger partial charge in [0.05, 0.1) is 24.5 Å². The van der Waals surface area contributed by atoms with Gasteiger partial charge in [0.25, 0.3) is 0 Å². The maximum absolute atomic E-state index is 13.1. The van der Waals surface area contributed by atoms with E-state index in [4.69, 9.17) is 4.74 Å². The molecular weight excluding hydrogens is 267 g/mol. The van der Waals surface area contributed by atoms with E-state index in [2.05, 4.69) is 29.4 Å². The minimum atomic E-state index is -0.317. The van der Waals surface area contributed by atoms with Crippen LogP contribution in [0, 0.1) is 5.82 Å². The van der Waals surface area contributed by atoms with Crippen LogP contribution in [0.1, 0.15) is 36.2 Å². The third kappa shape index (κ3) is 2.90. The normalized spacial score (nSPS) is 14.6. The summed E-state index contributed by atoms with van der Waals surface area (Å²) in [6.07, 6.45) is 3.23. The SMILES string of the molecule is CCCNC(c1ccc(F)cn1)c1cccc2c1OCC2. The third-order valence-electron chi connectivity index (χ3n) is 3.70. The van der Waals surface area contributed by atoms with Gasteiger partial charge in [-0.05, 0) is 30.7 Å². The van der Waals surface area contributed by atoms with Crippen LogP contribution >= 0.6 is 0 Å². The Bertz CT molecular complexity index is 613. The number of halogens is 1. The smallest absolute Gasteiger partial charge is 0.141 e. The minimum absolute atomic E-state index is 0.0707. The van der Waals surface area contributed by atoms with E-state index in [1.165, 1.54) is 17.8 Å². The molecule has 0 saturated heterocycles. The fraction of sp³-hybridized carbons (Fsp3) is 0.353. The highest BCUT2D eigenvalue weighted by Gasteiger charge is 2.23. The van der Waals surface area contributed by atoms with E-state index in [0.29, 0.717) is 0 Å². The number of benzene rings is 1. The second kappa shape index (κ2) is 6.22. The van der Waals surface area contributed by atoms with Crippen LogP contribution in [0.2, 0.25) is 0 Å². The van der Waals surface area contributed by atoms with E-state index in [9.17, 15) is 4.39 Å². The van der Waals surface area contributed by atoms with Crippen molar-refractivity contribution in [3.63, 3.8) is 0 Å². The summed E-state index contributed by atoms with van der Waals surface area (Å²) < 4.78 is 18.9. The predicted octanol–water partition coefficient (Wildman–Crippen LogP) is 3.24. The molecule has 1 N–H and O–H groups in total. The number of pyridine rings is 1. The second-order valence-electron chi connectivity index (χ2n) is 5.22. The van der Waals surface area contributed by atoms with Crippen molar-refractivity contribution < 1.29 is 9.13 Å². The molecule has 3 nitrogen and oxygen atoms in total. The average molecular weight is 286 g/mol. The Morgan fingerprint density at radius 2 is 2.24 bits per heavy atom. The van der Waals surface area contributed by atoms with Crippen LogP contribution in [0.15, 0.2) is 36.5 Å². The van der Waals surface area contributed by atoms with Crippen LogP contribution in [0.25, 0.3) is 0 Å². The molecule has 3 rings (SSSR count). The highest BCUT2D eigenvalue weighted by molar-refractivity contribution is 5.47. The van der Waals surface area contributed by atoms with E-state index >= 15 is 0 Å². The van der Waals surface area contributed by atoms with Crippen LogP contribution in [0.3, 0.4) is 0 Å². The van der Waals surface area contributed by atoms with Crippen molar-refractivity contribution >= 4 is 0 Å². The van der Waals surface area contributed by atoms with Crippen molar-refractivity contribution in [2.75, 3.05) is 13.2 Å². The monoisotopic (exact) mass is 286 g/mol. The van der Waals surface area contributed by atoms with Gasteiger partial charge in [-0.1, -0.05) is 25.1 Å². The van der Waals surface area contributed by atoms with Crippen LogP contribution in [-0.2, 0) is 6.42 Å². The predicted molar refractivity (Wildman–Crippen MR) is 80.0 cm³/mol. The Hall–Kier alpha value is -1.94. The molecule has 1 unspecified atom stereocenters. The number of aromatic nitrogens is 1. The molecule has 110 valence electrons. The first-order chi connectivity index (χ1) is 10.3. The molecule has 0 spiro atoms. The van der Waals surface area contributed by atoms with Crippen molar-refractivity contribution in [3.05, 3.63) is 59.2 Å². The molecule has 1 aliphatic heterocycles. The van der Waals surface area contributed by atoms with Gasteiger partial charge in [-0.2, -0.15) is 0 Å². The molecule has 1 atom stereocenters. The van der Waals surface area contributed by atoms with Crippen LogP contribution in [-0.4, -0.2) is 18.1 Å². The van der Waals surface area contributed by atoms with E-state index < -0.39 is 0 Å². The summed E-state index contributed by atoms with van der Waals surface area (Å²) in [7, 11) is 0. The zero-order chi connectivity index (χ0) is 14.7. The Morgan fingerprint density at radius 3 is 3.00 bits per heavy atom. The van der Waals surface area contributed by atoms with Crippen molar-refractivity contribution in [3.8, 4) is 5.75 Å². The summed E-state index contributed by atoms with van der Waals surface area (Å²) in [5.41, 5.74) is 3.13. The lowest BCUT2D eigenvalue weighted by Crippen LogP contribution is -2.24. The highest BCUT2D eigenvalue weighted by atomic mass is 19.1. The zero-order valence-corrected chi connectivity index (χ0v) is 12.1. The molecular formula is C17H19FN2O. The molecule has 1 aromatic heterocycles. The van der Waals surface area contributed by atoms with E-state index in [1.54, 1.807) is 6.07 Å². The van der Waals surface area contributed by atoms with Crippen LogP contribution in [0.4, 0.5) is 4.39 Å². The van der Waals surface area contributed by atoms with Gasteiger partial charge >= 0.3 is 0 Å². The number of fused-ring (bicyclic) bond motifs is 1. The second-order valence-corrected chi connectivity index (χ2v) is 5.22. The van der Waals surface area contributed by atoms with Gasteiger partial charge in [-0.25, -0.2) is 4.39 Å². The van der Waals surface area contributed by atoms with Crippen molar-refractivity contribution in [1.29, 1.82) is 0 Å². The number of ether oxygens (including phenoxy) is 1. The summed E-state index contributed by atoms with van der Waals surface area (Å²) >= 11 is 0. The summed E-state index contributed by atoms with van der Waals surface area (Å²) in [6, 6.07) is 9.32.